The van der Waals surface area contributed by atoms with E-state index < -0.39 is 0 Å². The van der Waals surface area contributed by atoms with Crippen LogP contribution < -0.4 is 4.57 Å². The molecule has 0 bridgehead atoms. The third-order valence-electron chi connectivity index (χ3n) is 8.95. The van der Waals surface area contributed by atoms with Crippen LogP contribution in [-0.4, -0.2) is 4.40 Å². The maximum absolute atomic E-state index is 16.7. The van der Waals surface area contributed by atoms with Crippen LogP contribution >= 0.6 is 0 Å². The molecule has 0 amide bonds. The monoisotopic (exact) mass is 471 g/mol. The second-order valence-corrected chi connectivity index (χ2v) is 10.9. The van der Waals surface area contributed by atoms with Crippen LogP contribution in [0.1, 0.15) is 36.8 Å². The summed E-state index contributed by atoms with van der Waals surface area (Å²) in [6.07, 6.45) is 8.56. The number of pyridine rings is 2. The minimum atomic E-state index is -0.127. The van der Waals surface area contributed by atoms with Crippen LogP contribution in [0.4, 0.5) is 4.39 Å². The van der Waals surface area contributed by atoms with Crippen LogP contribution in [0.15, 0.2) is 66.9 Å². The first-order valence-electron chi connectivity index (χ1n) is 13.2. The lowest BCUT2D eigenvalue weighted by molar-refractivity contribution is -0.643. The molecule has 1 fully saturated rings. The van der Waals surface area contributed by atoms with Gasteiger partial charge in [0.25, 0.3) is 0 Å². The molecule has 3 heteroatoms. The molecule has 7 aromatic rings. The molecule has 0 aliphatic heterocycles. The molecule has 0 spiro atoms. The molecule has 4 aromatic carbocycles. The minimum Gasteiger partial charge on any atom is -0.305 e. The van der Waals surface area contributed by atoms with Crippen molar-refractivity contribution in [2.75, 3.05) is 0 Å². The highest BCUT2D eigenvalue weighted by molar-refractivity contribution is 6.29. The summed E-state index contributed by atoms with van der Waals surface area (Å²) < 4.78 is 21.1. The third kappa shape index (κ3) is 2.48. The normalized spacial score (nSPS) is 15.2. The molecule has 1 aliphatic carbocycles. The molecule has 2 nitrogen and oxygen atoms in total. The second-order valence-electron chi connectivity index (χ2n) is 10.9. The molecule has 1 aliphatic rings. The van der Waals surface area contributed by atoms with Gasteiger partial charge in [-0.15, -0.1) is 0 Å². The van der Waals surface area contributed by atoms with Crippen LogP contribution in [0.2, 0.25) is 0 Å². The maximum atomic E-state index is 16.7. The first-order chi connectivity index (χ1) is 17.6. The smallest absolute Gasteiger partial charge is 0.224 e. The van der Waals surface area contributed by atoms with Gasteiger partial charge < -0.3 is 4.40 Å². The van der Waals surface area contributed by atoms with Gasteiger partial charge >= 0.3 is 0 Å². The summed E-state index contributed by atoms with van der Waals surface area (Å²) in [6, 6.07) is 21.2. The van der Waals surface area contributed by atoms with E-state index >= 15 is 4.39 Å². The van der Waals surface area contributed by atoms with Gasteiger partial charge in [-0.3, -0.25) is 0 Å². The molecule has 3 aromatic heterocycles. The number of fused-ring (bicyclic) bond motifs is 7. The van der Waals surface area contributed by atoms with Crippen LogP contribution in [0.25, 0.3) is 59.8 Å². The standard InChI is InChI=1S/C33H28FN2/c1-19-23-11-5-6-12-24(23)30(34)33-27(19)31-29-21(15-16-35(31)2)18-22(17-20-9-3-4-10-20)28-25-13-7-8-14-26(25)36(33)32(28)29/h5-8,11-16,18,20H,3-4,9-10,17H2,1-2H3/q+1. The average Bonchev–Trinajstić information content (AvgIpc) is 3.54. The number of aromatic nitrogens is 2. The lowest BCUT2D eigenvalue weighted by atomic mass is 9.90. The molecule has 0 atom stereocenters. The van der Waals surface area contributed by atoms with E-state index in [1.165, 1.54) is 58.3 Å². The fraction of sp³-hybridized carbons (Fsp3) is 0.242. The van der Waals surface area contributed by atoms with E-state index in [-0.39, 0.29) is 5.82 Å². The van der Waals surface area contributed by atoms with Crippen molar-refractivity contribution >= 4 is 59.8 Å². The topological polar surface area (TPSA) is 8.29 Å². The second kappa shape index (κ2) is 7.16. The molecule has 176 valence electrons. The van der Waals surface area contributed by atoms with Gasteiger partial charge in [0.2, 0.25) is 5.52 Å². The Labute approximate surface area is 208 Å². The molecule has 0 saturated heterocycles. The van der Waals surface area contributed by atoms with Crippen LogP contribution in [-0.2, 0) is 13.5 Å². The van der Waals surface area contributed by atoms with Gasteiger partial charge in [0.05, 0.1) is 27.3 Å². The van der Waals surface area contributed by atoms with Crippen molar-refractivity contribution in [3.8, 4) is 0 Å². The first-order valence-corrected chi connectivity index (χ1v) is 13.2. The molecular formula is C33H28FN2+. The summed E-state index contributed by atoms with van der Waals surface area (Å²) >= 11 is 0. The fourth-order valence-electron chi connectivity index (χ4n) is 7.36. The van der Waals surface area contributed by atoms with Gasteiger partial charge in [-0.05, 0) is 53.3 Å². The molecule has 8 rings (SSSR count). The van der Waals surface area contributed by atoms with E-state index in [1.54, 1.807) is 0 Å². The van der Waals surface area contributed by atoms with E-state index in [4.69, 9.17) is 0 Å². The Kier molecular flexibility index (Phi) is 4.07. The number of benzene rings is 4. The summed E-state index contributed by atoms with van der Waals surface area (Å²) in [4.78, 5) is 0. The zero-order valence-electron chi connectivity index (χ0n) is 20.7. The van der Waals surface area contributed by atoms with Gasteiger partial charge in [-0.25, -0.2) is 8.96 Å². The summed E-state index contributed by atoms with van der Waals surface area (Å²) in [6.45, 7) is 2.15. The average molecular weight is 472 g/mol. The van der Waals surface area contributed by atoms with Gasteiger partial charge in [-0.1, -0.05) is 68.1 Å². The quantitative estimate of drug-likeness (QED) is 0.137. The van der Waals surface area contributed by atoms with E-state index in [0.717, 1.165) is 39.7 Å². The van der Waals surface area contributed by atoms with E-state index in [9.17, 15) is 0 Å². The Morgan fingerprint density at radius 2 is 1.58 bits per heavy atom. The first kappa shape index (κ1) is 20.5. The van der Waals surface area contributed by atoms with Crippen LogP contribution in [0.3, 0.4) is 0 Å². The third-order valence-corrected chi connectivity index (χ3v) is 8.95. The Bertz CT molecular complexity index is 2010. The van der Waals surface area contributed by atoms with Gasteiger partial charge in [0, 0.05) is 22.2 Å². The fourth-order valence-corrected chi connectivity index (χ4v) is 7.36. The Hall–Kier alpha value is -3.72. The number of rotatable bonds is 2. The molecule has 0 radical (unpaired) electrons. The predicted molar refractivity (Wildman–Crippen MR) is 148 cm³/mol. The number of halogens is 1. The van der Waals surface area contributed by atoms with Crippen molar-refractivity contribution in [1.82, 2.24) is 4.40 Å². The Morgan fingerprint density at radius 1 is 0.861 bits per heavy atom. The van der Waals surface area contributed by atoms with E-state index in [0.29, 0.717) is 10.9 Å². The minimum absolute atomic E-state index is 0.127. The lowest BCUT2D eigenvalue weighted by Gasteiger charge is -2.17. The molecule has 36 heavy (non-hydrogen) atoms. The van der Waals surface area contributed by atoms with Crippen molar-refractivity contribution in [3.05, 3.63) is 83.8 Å². The number of aryl methyl sites for hydroxylation is 2. The number of hydrogen-bond acceptors (Lipinski definition) is 0. The SMILES string of the molecule is Cc1c2ccccc2c(F)c2c1c1c3c(cc[n+]1C)cc(CC1CCCC1)c1c4ccccc4n2c13. The molecule has 1 saturated carbocycles. The Balaban J connectivity index is 1.71. The zero-order valence-corrected chi connectivity index (χ0v) is 20.7. The molecular weight excluding hydrogens is 443 g/mol. The highest BCUT2D eigenvalue weighted by Gasteiger charge is 2.29. The van der Waals surface area contributed by atoms with Crippen molar-refractivity contribution in [1.29, 1.82) is 0 Å². The van der Waals surface area contributed by atoms with E-state index in [1.807, 2.05) is 18.2 Å². The number of para-hydroxylation sites is 1. The summed E-state index contributed by atoms with van der Waals surface area (Å²) in [5.41, 5.74) is 6.65. The maximum Gasteiger partial charge on any atom is 0.224 e. The predicted octanol–water partition coefficient (Wildman–Crippen LogP) is 8.15. The number of hydrogen-bond donors (Lipinski definition) is 0. The zero-order chi connectivity index (χ0) is 24.1. The molecule has 0 unspecified atom stereocenters. The lowest BCUT2D eigenvalue weighted by Crippen LogP contribution is -2.29. The van der Waals surface area contributed by atoms with Gasteiger partial charge in [-0.2, -0.15) is 0 Å². The van der Waals surface area contributed by atoms with Crippen molar-refractivity contribution in [2.45, 2.75) is 39.0 Å². The van der Waals surface area contributed by atoms with Gasteiger partial charge in [0.15, 0.2) is 12.0 Å². The van der Waals surface area contributed by atoms with Crippen LogP contribution in [0.5, 0.6) is 0 Å². The number of nitrogens with zero attached hydrogens (tertiary/aromatic N) is 2. The van der Waals surface area contributed by atoms with E-state index in [2.05, 4.69) is 71.6 Å². The van der Waals surface area contributed by atoms with Crippen molar-refractivity contribution in [2.24, 2.45) is 13.0 Å². The van der Waals surface area contributed by atoms with Crippen molar-refractivity contribution < 1.29 is 8.96 Å². The van der Waals surface area contributed by atoms with Gasteiger partial charge in [0.1, 0.15) is 7.05 Å². The Morgan fingerprint density at radius 3 is 2.39 bits per heavy atom. The molecule has 0 N–H and O–H groups in total. The van der Waals surface area contributed by atoms with Crippen LogP contribution in [0, 0.1) is 18.7 Å². The molecule has 3 heterocycles. The summed E-state index contributed by atoms with van der Waals surface area (Å²) in [7, 11) is 2.10. The summed E-state index contributed by atoms with van der Waals surface area (Å²) in [5, 5.41) is 7.74. The highest BCUT2D eigenvalue weighted by atomic mass is 19.1. The summed E-state index contributed by atoms with van der Waals surface area (Å²) in [5.74, 6) is 0.614. The highest BCUT2D eigenvalue weighted by Crippen LogP contribution is 2.45. The van der Waals surface area contributed by atoms with Crippen molar-refractivity contribution in [3.63, 3.8) is 0 Å². The largest absolute Gasteiger partial charge is 0.305 e.